The van der Waals surface area contributed by atoms with E-state index in [1.807, 2.05) is 0 Å². The molecule has 0 spiro atoms. The molecule has 0 amide bonds. The van der Waals surface area contributed by atoms with E-state index in [2.05, 4.69) is 5.16 Å². The molecular weight excluding hydrogens is 342 g/mol. The predicted octanol–water partition coefficient (Wildman–Crippen LogP) is 2.93. The van der Waals surface area contributed by atoms with Crippen molar-refractivity contribution < 1.29 is 22.4 Å². The van der Waals surface area contributed by atoms with Crippen LogP contribution in [0, 0.1) is 13.8 Å². The zero-order chi connectivity index (χ0) is 16.6. The lowest BCUT2D eigenvalue weighted by Gasteiger charge is -2.21. The maximum Gasteiger partial charge on any atom is 0.189 e. The summed E-state index contributed by atoms with van der Waals surface area (Å²) >= 11 is 6.07. The number of sulfone groups is 1. The zero-order valence-corrected chi connectivity index (χ0v) is 14.3. The third kappa shape index (κ3) is 3.52. The highest BCUT2D eigenvalue weighted by Gasteiger charge is 2.24. The summed E-state index contributed by atoms with van der Waals surface area (Å²) in [6, 6.07) is 3.34. The molecule has 2 heterocycles. The third-order valence-corrected chi connectivity index (χ3v) is 5.37. The molecule has 0 N–H and O–H groups in total. The first kappa shape index (κ1) is 16.3. The van der Waals surface area contributed by atoms with E-state index in [0.29, 0.717) is 40.0 Å². The minimum atomic E-state index is -3.43. The Morgan fingerprint density at radius 2 is 2.04 bits per heavy atom. The summed E-state index contributed by atoms with van der Waals surface area (Å²) in [5, 5.41) is 4.25. The Labute approximate surface area is 139 Å². The summed E-state index contributed by atoms with van der Waals surface area (Å²) in [5.41, 5.74) is 2.49. The van der Waals surface area contributed by atoms with Gasteiger partial charge in [0.25, 0.3) is 0 Å². The van der Waals surface area contributed by atoms with Gasteiger partial charge in [0.05, 0.1) is 23.8 Å². The van der Waals surface area contributed by atoms with E-state index < -0.39 is 9.84 Å². The molecule has 1 aliphatic heterocycles. The molecule has 23 heavy (non-hydrogen) atoms. The SMILES string of the molecule is Cc1noc(C)c1CS(=O)(=O)Cc1cc(Cl)cc2c1OCOC2. The topological polar surface area (TPSA) is 78.6 Å². The minimum absolute atomic E-state index is 0.103. The monoisotopic (exact) mass is 357 g/mol. The Kier molecular flexibility index (Phi) is 4.35. The average molecular weight is 358 g/mol. The van der Waals surface area contributed by atoms with E-state index in [4.69, 9.17) is 25.6 Å². The second-order valence-corrected chi connectivity index (χ2v) is 8.00. The number of rotatable bonds is 4. The Morgan fingerprint density at radius 1 is 1.26 bits per heavy atom. The number of fused-ring (bicyclic) bond motifs is 1. The lowest BCUT2D eigenvalue weighted by atomic mass is 10.1. The number of benzene rings is 1. The van der Waals surface area contributed by atoms with E-state index in [1.54, 1.807) is 26.0 Å². The summed E-state index contributed by atoms with van der Waals surface area (Å²) in [6.07, 6.45) is 0. The van der Waals surface area contributed by atoms with Crippen LogP contribution < -0.4 is 4.74 Å². The smallest absolute Gasteiger partial charge is 0.189 e. The predicted molar refractivity (Wildman–Crippen MR) is 84.0 cm³/mol. The molecule has 0 unspecified atom stereocenters. The highest BCUT2D eigenvalue weighted by atomic mass is 35.5. The van der Waals surface area contributed by atoms with Gasteiger partial charge < -0.3 is 14.0 Å². The third-order valence-electron chi connectivity index (χ3n) is 3.67. The van der Waals surface area contributed by atoms with Crippen molar-refractivity contribution in [3.05, 3.63) is 45.3 Å². The van der Waals surface area contributed by atoms with Gasteiger partial charge >= 0.3 is 0 Å². The first-order valence-corrected chi connectivity index (χ1v) is 9.19. The second-order valence-electron chi connectivity index (χ2n) is 5.50. The maximum absolute atomic E-state index is 12.6. The number of hydrogen-bond donors (Lipinski definition) is 0. The van der Waals surface area contributed by atoms with Crippen molar-refractivity contribution in [2.75, 3.05) is 6.79 Å². The number of ether oxygens (including phenoxy) is 2. The van der Waals surface area contributed by atoms with Gasteiger partial charge in [0.1, 0.15) is 11.5 Å². The van der Waals surface area contributed by atoms with Crippen LogP contribution in [0.2, 0.25) is 5.02 Å². The first-order valence-electron chi connectivity index (χ1n) is 7.00. The molecule has 0 atom stereocenters. The van der Waals surface area contributed by atoms with Crippen molar-refractivity contribution in [1.29, 1.82) is 0 Å². The van der Waals surface area contributed by atoms with Crippen LogP contribution in [0.4, 0.5) is 0 Å². The normalized spacial score (nSPS) is 14.4. The van der Waals surface area contributed by atoms with Crippen LogP contribution in [0.3, 0.4) is 0 Å². The number of halogens is 1. The molecule has 3 rings (SSSR count). The Bertz CT molecular complexity index is 824. The molecule has 0 radical (unpaired) electrons. The van der Waals surface area contributed by atoms with Crippen molar-refractivity contribution in [1.82, 2.24) is 5.16 Å². The number of aryl methyl sites for hydroxylation is 2. The fraction of sp³-hybridized carbons (Fsp3) is 0.400. The van der Waals surface area contributed by atoms with Gasteiger partial charge in [0.2, 0.25) is 0 Å². The highest BCUT2D eigenvalue weighted by molar-refractivity contribution is 7.89. The van der Waals surface area contributed by atoms with Crippen LogP contribution in [0.5, 0.6) is 5.75 Å². The first-order chi connectivity index (χ1) is 10.9. The molecule has 0 saturated heterocycles. The van der Waals surface area contributed by atoms with Crippen LogP contribution in [0.15, 0.2) is 16.7 Å². The second kappa shape index (κ2) is 6.14. The molecular formula is C15H16ClNO5S. The van der Waals surface area contributed by atoms with Crippen molar-refractivity contribution >= 4 is 21.4 Å². The van der Waals surface area contributed by atoms with E-state index in [9.17, 15) is 8.42 Å². The van der Waals surface area contributed by atoms with Crippen LogP contribution >= 0.6 is 11.6 Å². The van der Waals surface area contributed by atoms with Gasteiger partial charge in [-0.05, 0) is 26.0 Å². The molecule has 0 aliphatic carbocycles. The van der Waals surface area contributed by atoms with Gasteiger partial charge in [-0.3, -0.25) is 0 Å². The molecule has 124 valence electrons. The van der Waals surface area contributed by atoms with Gasteiger partial charge in [-0.2, -0.15) is 0 Å². The Hall–Kier alpha value is -1.57. The van der Waals surface area contributed by atoms with E-state index in [0.717, 1.165) is 5.56 Å². The fourth-order valence-electron chi connectivity index (χ4n) is 2.58. The van der Waals surface area contributed by atoms with E-state index >= 15 is 0 Å². The highest BCUT2D eigenvalue weighted by Crippen LogP contribution is 2.33. The summed E-state index contributed by atoms with van der Waals surface area (Å²) in [7, 11) is -3.43. The molecule has 2 aromatic rings. The van der Waals surface area contributed by atoms with Gasteiger partial charge in [-0.15, -0.1) is 0 Å². The average Bonchev–Trinajstić information content (AvgIpc) is 2.78. The number of hydrogen-bond acceptors (Lipinski definition) is 6. The van der Waals surface area contributed by atoms with Crippen LogP contribution in [0.1, 0.15) is 28.1 Å². The lowest BCUT2D eigenvalue weighted by molar-refractivity contribution is -0.0169. The maximum atomic E-state index is 12.6. The molecule has 1 aromatic carbocycles. The number of nitrogens with zero attached hydrogens (tertiary/aromatic N) is 1. The molecule has 6 nitrogen and oxygen atoms in total. The van der Waals surface area contributed by atoms with Gasteiger partial charge in [-0.1, -0.05) is 16.8 Å². The van der Waals surface area contributed by atoms with Crippen molar-refractivity contribution in [3.8, 4) is 5.75 Å². The molecule has 8 heteroatoms. The van der Waals surface area contributed by atoms with Crippen molar-refractivity contribution in [2.45, 2.75) is 32.0 Å². The summed E-state index contributed by atoms with van der Waals surface area (Å²) in [6.45, 7) is 3.88. The summed E-state index contributed by atoms with van der Waals surface area (Å²) in [5.74, 6) is 0.762. The zero-order valence-electron chi connectivity index (χ0n) is 12.8. The van der Waals surface area contributed by atoms with Crippen LogP contribution in [-0.4, -0.2) is 20.4 Å². The van der Waals surface area contributed by atoms with E-state index in [-0.39, 0.29) is 18.3 Å². The molecule has 1 aliphatic rings. The van der Waals surface area contributed by atoms with Gasteiger partial charge in [-0.25, -0.2) is 8.42 Å². The quantitative estimate of drug-likeness (QED) is 0.837. The van der Waals surface area contributed by atoms with Crippen LogP contribution in [-0.2, 0) is 32.7 Å². The van der Waals surface area contributed by atoms with Gasteiger partial charge in [0, 0.05) is 21.7 Å². The Balaban J connectivity index is 1.90. The standard InChI is InChI=1S/C15H16ClNO5S/c1-9-14(10(2)22-17-9)7-23(18,19)6-12-4-13(16)3-11-5-20-8-21-15(11)12/h3-4H,5-8H2,1-2H3. The van der Waals surface area contributed by atoms with Gasteiger partial charge in [0.15, 0.2) is 16.6 Å². The van der Waals surface area contributed by atoms with Crippen molar-refractivity contribution in [2.24, 2.45) is 0 Å². The molecule has 0 saturated carbocycles. The largest absolute Gasteiger partial charge is 0.467 e. The Morgan fingerprint density at radius 3 is 2.74 bits per heavy atom. The van der Waals surface area contributed by atoms with Crippen molar-refractivity contribution in [3.63, 3.8) is 0 Å². The summed E-state index contributed by atoms with van der Waals surface area (Å²) < 4.78 is 40.8. The minimum Gasteiger partial charge on any atom is -0.467 e. The summed E-state index contributed by atoms with van der Waals surface area (Å²) in [4.78, 5) is 0. The fourth-order valence-corrected chi connectivity index (χ4v) is 4.49. The molecule has 0 bridgehead atoms. The van der Waals surface area contributed by atoms with Crippen LogP contribution in [0.25, 0.3) is 0 Å². The molecule has 0 fully saturated rings. The molecule has 1 aromatic heterocycles. The van der Waals surface area contributed by atoms with E-state index in [1.165, 1.54) is 0 Å². The number of aromatic nitrogens is 1. The lowest BCUT2D eigenvalue weighted by Crippen LogP contribution is -2.15.